The summed E-state index contributed by atoms with van der Waals surface area (Å²) in [5, 5.41) is 15.3. The van der Waals surface area contributed by atoms with Crippen molar-refractivity contribution in [3.05, 3.63) is 83.4 Å². The molecule has 1 amide bonds. The Balaban J connectivity index is 1.64. The van der Waals surface area contributed by atoms with Gasteiger partial charge in [0.15, 0.2) is 0 Å². The van der Waals surface area contributed by atoms with Crippen LogP contribution in [0, 0.1) is 11.3 Å². The van der Waals surface area contributed by atoms with Crippen molar-refractivity contribution >= 4 is 23.0 Å². The highest BCUT2D eigenvalue weighted by Crippen LogP contribution is 2.22. The topological polar surface area (TPSA) is 100 Å². The fourth-order valence-corrected chi connectivity index (χ4v) is 2.67. The van der Waals surface area contributed by atoms with Crippen molar-refractivity contribution in [3.63, 3.8) is 0 Å². The number of methoxy groups -OCH3 is 1. The number of nitriles is 1. The summed E-state index contributed by atoms with van der Waals surface area (Å²) in [7, 11) is 1.56. The van der Waals surface area contributed by atoms with E-state index < -0.39 is 0 Å². The Labute approximate surface area is 163 Å². The highest BCUT2D eigenvalue weighted by molar-refractivity contribution is 6.05. The largest absolute Gasteiger partial charge is 0.497 e. The van der Waals surface area contributed by atoms with E-state index in [9.17, 15) is 10.1 Å². The van der Waals surface area contributed by atoms with Crippen LogP contribution >= 0.6 is 0 Å². The molecule has 0 heterocycles. The van der Waals surface area contributed by atoms with Crippen molar-refractivity contribution in [2.45, 2.75) is 6.54 Å². The van der Waals surface area contributed by atoms with E-state index in [1.807, 2.05) is 30.3 Å². The number of nitrogens with one attached hydrogen (secondary N) is 2. The maximum Gasteiger partial charge on any atom is 0.255 e. The Morgan fingerprint density at radius 3 is 2.50 bits per heavy atom. The molecule has 0 aromatic heterocycles. The molecule has 4 N–H and O–H groups in total. The lowest BCUT2D eigenvalue weighted by Crippen LogP contribution is -2.13. The van der Waals surface area contributed by atoms with Crippen LogP contribution in [-0.2, 0) is 6.54 Å². The van der Waals surface area contributed by atoms with Gasteiger partial charge in [-0.1, -0.05) is 24.3 Å². The second kappa shape index (κ2) is 8.60. The Morgan fingerprint density at radius 2 is 1.82 bits per heavy atom. The number of amides is 1. The van der Waals surface area contributed by atoms with E-state index >= 15 is 0 Å². The van der Waals surface area contributed by atoms with Crippen LogP contribution in [0.5, 0.6) is 5.75 Å². The van der Waals surface area contributed by atoms with E-state index in [2.05, 4.69) is 16.7 Å². The standard InChI is InChI=1S/C22H20N4O2/c1-28-18-10-11-20(17(12-18)13-23)25-14-15-6-8-16(9-7-15)22(27)26-21-5-3-2-4-19(21)24/h2-12,25H,14,24H2,1H3,(H,26,27). The lowest BCUT2D eigenvalue weighted by molar-refractivity contribution is 0.102. The minimum absolute atomic E-state index is 0.223. The van der Waals surface area contributed by atoms with E-state index in [0.717, 1.165) is 11.3 Å². The summed E-state index contributed by atoms with van der Waals surface area (Å²) in [5.41, 5.74) is 9.71. The summed E-state index contributed by atoms with van der Waals surface area (Å²) < 4.78 is 5.14. The van der Waals surface area contributed by atoms with E-state index in [0.29, 0.717) is 34.8 Å². The Bertz CT molecular complexity index is 1020. The predicted octanol–water partition coefficient (Wildman–Crippen LogP) is 4.01. The van der Waals surface area contributed by atoms with Crippen molar-refractivity contribution in [2.24, 2.45) is 0 Å². The summed E-state index contributed by atoms with van der Waals surface area (Å²) in [6, 6.07) is 21.8. The van der Waals surface area contributed by atoms with Gasteiger partial charge in [0.1, 0.15) is 11.8 Å². The first-order chi connectivity index (χ1) is 13.6. The fourth-order valence-electron chi connectivity index (χ4n) is 2.67. The van der Waals surface area contributed by atoms with Crippen LogP contribution in [0.3, 0.4) is 0 Å². The molecule has 6 nitrogen and oxygen atoms in total. The molecular formula is C22H20N4O2. The number of nitrogens with two attached hydrogens (primary N) is 1. The number of benzene rings is 3. The Hall–Kier alpha value is -3.98. The SMILES string of the molecule is COc1ccc(NCc2ccc(C(=O)Nc3ccccc3N)cc2)c(C#N)c1. The van der Waals surface area contributed by atoms with Crippen molar-refractivity contribution in [3.8, 4) is 11.8 Å². The van der Waals surface area contributed by atoms with E-state index in [-0.39, 0.29) is 5.91 Å². The number of rotatable bonds is 6. The predicted molar refractivity (Wildman–Crippen MR) is 110 cm³/mol. The summed E-state index contributed by atoms with van der Waals surface area (Å²) in [4.78, 5) is 12.4. The van der Waals surface area contributed by atoms with Crippen LogP contribution < -0.4 is 21.1 Å². The molecule has 0 bridgehead atoms. The molecule has 0 aliphatic heterocycles. The molecule has 0 unspecified atom stereocenters. The number of hydrogen-bond donors (Lipinski definition) is 3. The van der Waals surface area contributed by atoms with Crippen molar-refractivity contribution in [2.75, 3.05) is 23.5 Å². The van der Waals surface area contributed by atoms with E-state index in [1.165, 1.54) is 0 Å². The number of nitrogen functional groups attached to an aromatic ring is 1. The molecule has 0 radical (unpaired) electrons. The average Bonchev–Trinajstić information content (AvgIpc) is 2.74. The van der Waals surface area contributed by atoms with Gasteiger partial charge >= 0.3 is 0 Å². The number of nitrogens with zero attached hydrogens (tertiary/aromatic N) is 1. The van der Waals surface area contributed by atoms with Crippen molar-refractivity contribution in [1.82, 2.24) is 0 Å². The van der Waals surface area contributed by atoms with Crippen LogP contribution in [0.4, 0.5) is 17.1 Å². The third kappa shape index (κ3) is 4.40. The third-order valence-electron chi connectivity index (χ3n) is 4.26. The van der Waals surface area contributed by atoms with Gasteiger partial charge in [-0.15, -0.1) is 0 Å². The second-order valence-electron chi connectivity index (χ2n) is 6.12. The number of carbonyl (C=O) groups excluding carboxylic acids is 1. The van der Waals surface area contributed by atoms with Gasteiger partial charge in [-0.3, -0.25) is 4.79 Å². The van der Waals surface area contributed by atoms with Gasteiger partial charge in [0.05, 0.1) is 29.7 Å². The minimum atomic E-state index is -0.223. The van der Waals surface area contributed by atoms with Crippen LogP contribution in [-0.4, -0.2) is 13.0 Å². The normalized spacial score (nSPS) is 10.0. The molecule has 140 valence electrons. The quantitative estimate of drug-likeness (QED) is 0.568. The summed E-state index contributed by atoms with van der Waals surface area (Å²) in [6.45, 7) is 0.522. The van der Waals surface area contributed by atoms with Gasteiger partial charge < -0.3 is 21.1 Å². The molecule has 0 aliphatic rings. The molecule has 0 aliphatic carbocycles. The summed E-state index contributed by atoms with van der Waals surface area (Å²) in [6.07, 6.45) is 0. The van der Waals surface area contributed by atoms with Crippen LogP contribution in [0.15, 0.2) is 66.7 Å². The van der Waals surface area contributed by atoms with Gasteiger partial charge in [-0.05, 0) is 48.0 Å². The van der Waals surface area contributed by atoms with Gasteiger partial charge in [-0.25, -0.2) is 0 Å². The van der Waals surface area contributed by atoms with Gasteiger partial charge in [0, 0.05) is 12.1 Å². The third-order valence-corrected chi connectivity index (χ3v) is 4.26. The van der Waals surface area contributed by atoms with Gasteiger partial charge in [0.25, 0.3) is 5.91 Å². The fraction of sp³-hybridized carbons (Fsp3) is 0.0909. The van der Waals surface area contributed by atoms with Crippen LogP contribution in [0.2, 0.25) is 0 Å². The maximum absolute atomic E-state index is 12.4. The Kier molecular flexibility index (Phi) is 5.78. The molecule has 6 heteroatoms. The van der Waals surface area contributed by atoms with Crippen LogP contribution in [0.25, 0.3) is 0 Å². The van der Waals surface area contributed by atoms with E-state index in [1.54, 1.807) is 43.5 Å². The zero-order valence-electron chi connectivity index (χ0n) is 15.4. The monoisotopic (exact) mass is 372 g/mol. The highest BCUT2D eigenvalue weighted by Gasteiger charge is 2.08. The smallest absolute Gasteiger partial charge is 0.255 e. The number of hydrogen-bond acceptors (Lipinski definition) is 5. The molecule has 28 heavy (non-hydrogen) atoms. The molecule has 0 atom stereocenters. The maximum atomic E-state index is 12.4. The molecular weight excluding hydrogens is 352 g/mol. The minimum Gasteiger partial charge on any atom is -0.497 e. The zero-order chi connectivity index (χ0) is 19.9. The van der Waals surface area contributed by atoms with Gasteiger partial charge in [0.2, 0.25) is 0 Å². The lowest BCUT2D eigenvalue weighted by atomic mass is 10.1. The van der Waals surface area contributed by atoms with Crippen LogP contribution in [0.1, 0.15) is 21.5 Å². The molecule has 0 fully saturated rings. The molecule has 3 rings (SSSR count). The number of carbonyl (C=O) groups is 1. The molecule has 0 saturated carbocycles. The molecule has 0 saturated heterocycles. The highest BCUT2D eigenvalue weighted by atomic mass is 16.5. The first-order valence-corrected chi connectivity index (χ1v) is 8.67. The first-order valence-electron chi connectivity index (χ1n) is 8.67. The lowest BCUT2D eigenvalue weighted by Gasteiger charge is -2.11. The molecule has 0 spiro atoms. The van der Waals surface area contributed by atoms with Crippen molar-refractivity contribution < 1.29 is 9.53 Å². The average molecular weight is 372 g/mol. The number of para-hydroxylation sites is 2. The van der Waals surface area contributed by atoms with Crippen molar-refractivity contribution in [1.29, 1.82) is 5.26 Å². The first kappa shape index (κ1) is 18.8. The molecule has 3 aromatic rings. The number of anilines is 3. The van der Waals surface area contributed by atoms with Gasteiger partial charge in [-0.2, -0.15) is 5.26 Å². The summed E-state index contributed by atoms with van der Waals surface area (Å²) >= 11 is 0. The van der Waals surface area contributed by atoms with E-state index in [4.69, 9.17) is 10.5 Å². The molecule has 3 aromatic carbocycles. The summed E-state index contributed by atoms with van der Waals surface area (Å²) in [5.74, 6) is 0.413. The Morgan fingerprint density at radius 1 is 1.07 bits per heavy atom. The zero-order valence-corrected chi connectivity index (χ0v) is 15.4. The second-order valence-corrected chi connectivity index (χ2v) is 6.12. The number of ether oxygens (including phenoxy) is 1.